The number of alkyl halides is 3. The lowest BCUT2D eigenvalue weighted by molar-refractivity contribution is -0.137. The molecule has 18 heavy (non-hydrogen) atoms. The maximum atomic E-state index is 12.3. The number of aliphatic hydroxyl groups is 2. The lowest BCUT2D eigenvalue weighted by Crippen LogP contribution is -2.34. The van der Waals surface area contributed by atoms with E-state index in [0.29, 0.717) is 5.69 Å². The Labute approximate surface area is 103 Å². The van der Waals surface area contributed by atoms with E-state index in [1.807, 2.05) is 0 Å². The Balaban J connectivity index is 2.65. The summed E-state index contributed by atoms with van der Waals surface area (Å²) in [6.07, 6.45) is -4.34. The van der Waals surface area contributed by atoms with Gasteiger partial charge in [0.15, 0.2) is 0 Å². The molecular formula is C12H16F3NO2. The second kappa shape index (κ2) is 5.58. The molecule has 0 spiro atoms. The van der Waals surface area contributed by atoms with Gasteiger partial charge in [-0.25, -0.2) is 0 Å². The number of rotatable bonds is 5. The Morgan fingerprint density at radius 3 is 1.94 bits per heavy atom. The molecule has 1 aromatic rings. The van der Waals surface area contributed by atoms with Crippen molar-refractivity contribution in [2.75, 3.05) is 25.1 Å². The average Bonchev–Trinajstić information content (AvgIpc) is 2.35. The molecule has 1 rings (SSSR count). The topological polar surface area (TPSA) is 52.5 Å². The third-order valence-electron chi connectivity index (χ3n) is 2.69. The molecule has 0 unspecified atom stereocenters. The van der Waals surface area contributed by atoms with E-state index in [-0.39, 0.29) is 19.8 Å². The monoisotopic (exact) mass is 263 g/mol. The van der Waals surface area contributed by atoms with Gasteiger partial charge in [0.05, 0.1) is 18.8 Å². The molecule has 0 aliphatic heterocycles. The summed E-state index contributed by atoms with van der Waals surface area (Å²) in [5, 5.41) is 21.0. The summed E-state index contributed by atoms with van der Waals surface area (Å²) in [6.45, 7) is 1.52. The number of benzene rings is 1. The predicted molar refractivity (Wildman–Crippen MR) is 62.2 cm³/mol. The fraction of sp³-hybridized carbons (Fsp3) is 0.500. The van der Waals surface area contributed by atoms with Gasteiger partial charge in [-0.05, 0) is 24.3 Å². The Kier molecular flexibility index (Phi) is 4.59. The summed E-state index contributed by atoms with van der Waals surface area (Å²) in [4.78, 5) is 0. The maximum Gasteiger partial charge on any atom is 0.416 e. The number of nitrogens with one attached hydrogen (secondary N) is 1. The van der Waals surface area contributed by atoms with E-state index in [1.54, 1.807) is 6.92 Å². The summed E-state index contributed by atoms with van der Waals surface area (Å²) in [7, 11) is 0. The molecular weight excluding hydrogens is 247 g/mol. The van der Waals surface area contributed by atoms with E-state index in [0.717, 1.165) is 12.1 Å². The first-order chi connectivity index (χ1) is 8.30. The van der Waals surface area contributed by atoms with Gasteiger partial charge in [-0.3, -0.25) is 0 Å². The molecule has 102 valence electrons. The van der Waals surface area contributed by atoms with Gasteiger partial charge in [-0.2, -0.15) is 13.2 Å². The minimum absolute atomic E-state index is 0.211. The first-order valence-corrected chi connectivity index (χ1v) is 5.43. The van der Waals surface area contributed by atoms with Crippen LogP contribution in [0.25, 0.3) is 0 Å². The molecule has 0 heterocycles. The SMILES string of the molecule is CC(CO)(CO)CNc1ccc(C(F)(F)F)cc1. The van der Waals surface area contributed by atoms with E-state index in [4.69, 9.17) is 10.2 Å². The Bertz CT molecular complexity index is 372. The summed E-state index contributed by atoms with van der Waals surface area (Å²) < 4.78 is 37.0. The molecule has 3 nitrogen and oxygen atoms in total. The molecule has 0 radical (unpaired) electrons. The van der Waals surface area contributed by atoms with Gasteiger partial charge in [0.2, 0.25) is 0 Å². The van der Waals surface area contributed by atoms with Gasteiger partial charge in [0.25, 0.3) is 0 Å². The van der Waals surface area contributed by atoms with Gasteiger partial charge in [0, 0.05) is 17.6 Å². The lowest BCUT2D eigenvalue weighted by Gasteiger charge is -2.25. The predicted octanol–water partition coefficient (Wildman–Crippen LogP) is 2.11. The molecule has 6 heteroatoms. The van der Waals surface area contributed by atoms with Crippen LogP contribution in [0.5, 0.6) is 0 Å². The summed E-state index contributed by atoms with van der Waals surface area (Å²) >= 11 is 0. The lowest BCUT2D eigenvalue weighted by atomic mass is 9.93. The molecule has 0 saturated carbocycles. The van der Waals surface area contributed by atoms with Gasteiger partial charge in [-0.15, -0.1) is 0 Å². The molecule has 0 fully saturated rings. The van der Waals surface area contributed by atoms with Crippen LogP contribution in [0.1, 0.15) is 12.5 Å². The zero-order chi connectivity index (χ0) is 13.8. The number of anilines is 1. The van der Waals surface area contributed by atoms with Crippen molar-refractivity contribution in [3.8, 4) is 0 Å². The van der Waals surface area contributed by atoms with Crippen molar-refractivity contribution < 1.29 is 23.4 Å². The van der Waals surface area contributed by atoms with Crippen molar-refractivity contribution in [1.29, 1.82) is 0 Å². The smallest absolute Gasteiger partial charge is 0.396 e. The number of hydrogen-bond donors (Lipinski definition) is 3. The van der Waals surface area contributed by atoms with Crippen LogP contribution in [0.3, 0.4) is 0 Å². The summed E-state index contributed by atoms with van der Waals surface area (Å²) in [6, 6.07) is 4.60. The molecule has 1 aromatic carbocycles. The van der Waals surface area contributed by atoms with Crippen LogP contribution in [-0.4, -0.2) is 30.0 Å². The molecule has 0 saturated heterocycles. The van der Waals surface area contributed by atoms with Crippen molar-refractivity contribution in [2.24, 2.45) is 5.41 Å². The fourth-order valence-corrected chi connectivity index (χ4v) is 1.25. The van der Waals surface area contributed by atoms with E-state index in [9.17, 15) is 13.2 Å². The second-order valence-corrected chi connectivity index (χ2v) is 4.56. The van der Waals surface area contributed by atoms with Crippen molar-refractivity contribution >= 4 is 5.69 Å². The Morgan fingerprint density at radius 1 is 1.06 bits per heavy atom. The molecule has 3 N–H and O–H groups in total. The third-order valence-corrected chi connectivity index (χ3v) is 2.69. The van der Waals surface area contributed by atoms with Gasteiger partial charge < -0.3 is 15.5 Å². The molecule has 0 atom stereocenters. The largest absolute Gasteiger partial charge is 0.416 e. The zero-order valence-corrected chi connectivity index (χ0v) is 9.96. The normalized spacial score (nSPS) is 12.6. The average molecular weight is 263 g/mol. The molecule has 0 aliphatic carbocycles. The minimum Gasteiger partial charge on any atom is -0.396 e. The van der Waals surface area contributed by atoms with Crippen LogP contribution >= 0.6 is 0 Å². The van der Waals surface area contributed by atoms with Crippen molar-refractivity contribution in [1.82, 2.24) is 0 Å². The highest BCUT2D eigenvalue weighted by Crippen LogP contribution is 2.30. The number of hydrogen-bond acceptors (Lipinski definition) is 3. The van der Waals surface area contributed by atoms with Crippen LogP contribution in [0.4, 0.5) is 18.9 Å². The van der Waals surface area contributed by atoms with Crippen LogP contribution in [-0.2, 0) is 6.18 Å². The highest BCUT2D eigenvalue weighted by atomic mass is 19.4. The number of halogens is 3. The quantitative estimate of drug-likeness (QED) is 0.762. The molecule has 0 aromatic heterocycles. The highest BCUT2D eigenvalue weighted by Gasteiger charge is 2.30. The second-order valence-electron chi connectivity index (χ2n) is 4.56. The van der Waals surface area contributed by atoms with Crippen LogP contribution < -0.4 is 5.32 Å². The van der Waals surface area contributed by atoms with Crippen LogP contribution in [0.15, 0.2) is 24.3 Å². The van der Waals surface area contributed by atoms with Gasteiger partial charge in [0.1, 0.15) is 0 Å². The van der Waals surface area contributed by atoms with Crippen molar-refractivity contribution in [3.63, 3.8) is 0 Å². The van der Waals surface area contributed by atoms with E-state index in [1.165, 1.54) is 12.1 Å². The fourth-order valence-electron chi connectivity index (χ4n) is 1.25. The van der Waals surface area contributed by atoms with E-state index in [2.05, 4.69) is 5.32 Å². The molecule has 0 amide bonds. The van der Waals surface area contributed by atoms with Gasteiger partial charge in [-0.1, -0.05) is 6.92 Å². The van der Waals surface area contributed by atoms with Crippen molar-refractivity contribution in [2.45, 2.75) is 13.1 Å². The van der Waals surface area contributed by atoms with Crippen molar-refractivity contribution in [3.05, 3.63) is 29.8 Å². The maximum absolute atomic E-state index is 12.3. The van der Waals surface area contributed by atoms with Crippen LogP contribution in [0.2, 0.25) is 0 Å². The minimum atomic E-state index is -4.34. The van der Waals surface area contributed by atoms with E-state index >= 15 is 0 Å². The molecule has 0 aliphatic rings. The summed E-state index contributed by atoms with van der Waals surface area (Å²) in [5.74, 6) is 0. The Morgan fingerprint density at radius 2 is 1.56 bits per heavy atom. The first kappa shape index (κ1) is 14.8. The first-order valence-electron chi connectivity index (χ1n) is 5.43. The standard InChI is InChI=1S/C12H16F3NO2/c1-11(7-17,8-18)6-16-10-4-2-9(3-5-10)12(13,14)15/h2-5,16-18H,6-8H2,1H3. The van der Waals surface area contributed by atoms with Crippen LogP contribution in [0, 0.1) is 5.41 Å². The number of aliphatic hydroxyl groups excluding tert-OH is 2. The summed E-state index contributed by atoms with van der Waals surface area (Å²) in [5.41, 5.74) is -0.904. The van der Waals surface area contributed by atoms with Gasteiger partial charge >= 0.3 is 6.18 Å². The molecule has 0 bridgehead atoms. The highest BCUT2D eigenvalue weighted by molar-refractivity contribution is 5.45. The zero-order valence-electron chi connectivity index (χ0n) is 9.96. The third kappa shape index (κ3) is 3.89. The van der Waals surface area contributed by atoms with E-state index < -0.39 is 17.2 Å². The Hall–Kier alpha value is -1.27.